The van der Waals surface area contributed by atoms with E-state index in [1.165, 1.54) is 19.2 Å². The summed E-state index contributed by atoms with van der Waals surface area (Å²) in [6.45, 7) is 0. The molecular formula is C25H16N2O6. The Morgan fingerprint density at radius 2 is 1.48 bits per heavy atom. The molecule has 0 unspecified atom stereocenters. The van der Waals surface area contributed by atoms with Crippen LogP contribution in [0, 0.1) is 10.1 Å². The van der Waals surface area contributed by atoms with Crippen LogP contribution in [0.1, 0.15) is 20.7 Å². The molecule has 8 nitrogen and oxygen atoms in total. The second kappa shape index (κ2) is 7.76. The van der Waals surface area contributed by atoms with Crippen LogP contribution in [-0.4, -0.2) is 23.8 Å². The van der Waals surface area contributed by atoms with E-state index in [2.05, 4.69) is 0 Å². The fourth-order valence-electron chi connectivity index (χ4n) is 3.94. The molecule has 0 spiro atoms. The number of anilines is 1. The van der Waals surface area contributed by atoms with Crippen molar-refractivity contribution in [2.45, 2.75) is 0 Å². The van der Waals surface area contributed by atoms with Crippen LogP contribution >= 0.6 is 0 Å². The number of methoxy groups -OCH3 is 1. The Bertz CT molecular complexity index is 1420. The molecule has 0 fully saturated rings. The first kappa shape index (κ1) is 20.2. The number of hydrogen-bond acceptors (Lipinski definition) is 6. The highest BCUT2D eigenvalue weighted by molar-refractivity contribution is 6.36. The molecule has 0 aliphatic carbocycles. The van der Waals surface area contributed by atoms with Crippen molar-refractivity contribution in [1.29, 1.82) is 0 Å². The lowest BCUT2D eigenvalue weighted by Crippen LogP contribution is -2.40. The number of carbonyl (C=O) groups excluding carboxylic acids is 2. The topological polar surface area (TPSA) is 99.0 Å². The van der Waals surface area contributed by atoms with Crippen LogP contribution in [0.25, 0.3) is 10.8 Å². The molecule has 162 valence electrons. The van der Waals surface area contributed by atoms with Gasteiger partial charge < -0.3 is 9.47 Å². The van der Waals surface area contributed by atoms with E-state index in [9.17, 15) is 19.7 Å². The van der Waals surface area contributed by atoms with Gasteiger partial charge in [0, 0.05) is 28.0 Å². The second-order valence-electron chi connectivity index (χ2n) is 7.31. The highest BCUT2D eigenvalue weighted by atomic mass is 16.6. The average molecular weight is 440 g/mol. The SMILES string of the molecule is COc1ccc(N2C(=O)c3cccc4c(Oc5ccccc5[N+](=O)[O-])ccc(c34)C2=O)cc1. The zero-order chi connectivity index (χ0) is 23.1. The minimum absolute atomic E-state index is 0.0662. The van der Waals surface area contributed by atoms with Crippen LogP contribution in [0.3, 0.4) is 0 Å². The van der Waals surface area contributed by atoms with E-state index < -0.39 is 16.7 Å². The van der Waals surface area contributed by atoms with Crippen molar-refractivity contribution in [3.05, 3.63) is 100 Å². The summed E-state index contributed by atoms with van der Waals surface area (Å²) in [5.41, 5.74) is 0.918. The van der Waals surface area contributed by atoms with Gasteiger partial charge in [-0.2, -0.15) is 0 Å². The van der Waals surface area contributed by atoms with Crippen LogP contribution in [0.15, 0.2) is 78.9 Å². The summed E-state index contributed by atoms with van der Waals surface area (Å²) >= 11 is 0. The number of benzene rings is 4. The minimum Gasteiger partial charge on any atom is -0.497 e. The Morgan fingerprint density at radius 3 is 2.18 bits per heavy atom. The van der Waals surface area contributed by atoms with E-state index in [1.54, 1.807) is 66.7 Å². The van der Waals surface area contributed by atoms with Crippen LogP contribution in [0.2, 0.25) is 0 Å². The van der Waals surface area contributed by atoms with E-state index in [0.717, 1.165) is 4.90 Å². The number of nitro groups is 1. The number of nitro benzene ring substituents is 1. The molecular weight excluding hydrogens is 424 g/mol. The van der Waals surface area contributed by atoms with Crippen molar-refractivity contribution >= 4 is 34.0 Å². The largest absolute Gasteiger partial charge is 0.497 e. The number of para-hydroxylation sites is 2. The molecule has 33 heavy (non-hydrogen) atoms. The third-order valence-electron chi connectivity index (χ3n) is 5.48. The van der Waals surface area contributed by atoms with Crippen molar-refractivity contribution in [3.8, 4) is 17.2 Å². The smallest absolute Gasteiger partial charge is 0.311 e. The van der Waals surface area contributed by atoms with Crippen LogP contribution in [0.5, 0.6) is 17.2 Å². The van der Waals surface area contributed by atoms with Gasteiger partial charge in [0.15, 0.2) is 0 Å². The van der Waals surface area contributed by atoms with Gasteiger partial charge in [-0.1, -0.05) is 24.3 Å². The lowest BCUT2D eigenvalue weighted by atomic mass is 9.93. The summed E-state index contributed by atoms with van der Waals surface area (Å²) in [6, 6.07) is 20.9. The van der Waals surface area contributed by atoms with Gasteiger partial charge in [-0.3, -0.25) is 19.7 Å². The van der Waals surface area contributed by atoms with Gasteiger partial charge in [-0.05, 0) is 48.5 Å². The normalized spacial score (nSPS) is 12.7. The van der Waals surface area contributed by atoms with Gasteiger partial charge in [0.25, 0.3) is 11.8 Å². The molecule has 0 saturated heterocycles. The molecule has 1 aliphatic heterocycles. The van der Waals surface area contributed by atoms with Crippen LogP contribution < -0.4 is 14.4 Å². The van der Waals surface area contributed by atoms with E-state index in [0.29, 0.717) is 39.1 Å². The molecule has 0 saturated carbocycles. The lowest BCUT2D eigenvalue weighted by Gasteiger charge is -2.27. The number of ether oxygens (including phenoxy) is 2. The molecule has 4 aromatic carbocycles. The Morgan fingerprint density at radius 1 is 0.788 bits per heavy atom. The molecule has 0 aromatic heterocycles. The first-order valence-electron chi connectivity index (χ1n) is 9.99. The number of imide groups is 1. The van der Waals surface area contributed by atoms with Crippen molar-refractivity contribution < 1.29 is 24.0 Å². The summed E-state index contributed by atoms with van der Waals surface area (Å²) in [7, 11) is 1.53. The number of nitrogens with zero attached hydrogens (tertiary/aromatic N) is 2. The standard InChI is InChI=1S/C25H16N2O6/c1-32-16-11-9-15(10-12-16)26-24(28)18-6-4-5-17-21(14-13-19(23(17)18)25(26)29)33-22-8-3-2-7-20(22)27(30)31/h2-14H,1H3. The molecule has 1 heterocycles. The summed E-state index contributed by atoms with van der Waals surface area (Å²) in [4.78, 5) is 38.6. The Kier molecular flexibility index (Phi) is 4.75. The number of amides is 2. The van der Waals surface area contributed by atoms with E-state index in [1.807, 2.05) is 0 Å². The molecule has 0 radical (unpaired) electrons. The molecule has 0 atom stereocenters. The van der Waals surface area contributed by atoms with E-state index >= 15 is 0 Å². The quantitative estimate of drug-likeness (QED) is 0.236. The van der Waals surface area contributed by atoms with Crippen LogP contribution in [-0.2, 0) is 0 Å². The Hall–Kier alpha value is -4.72. The molecule has 5 rings (SSSR count). The number of carbonyl (C=O) groups is 2. The molecule has 1 aliphatic rings. The zero-order valence-electron chi connectivity index (χ0n) is 17.3. The average Bonchev–Trinajstić information content (AvgIpc) is 2.84. The van der Waals surface area contributed by atoms with Gasteiger partial charge in [-0.25, -0.2) is 4.90 Å². The van der Waals surface area contributed by atoms with Crippen molar-refractivity contribution in [2.75, 3.05) is 12.0 Å². The summed E-state index contributed by atoms with van der Waals surface area (Å²) in [6.07, 6.45) is 0. The van der Waals surface area contributed by atoms with Crippen molar-refractivity contribution in [1.82, 2.24) is 0 Å². The lowest BCUT2D eigenvalue weighted by molar-refractivity contribution is -0.385. The third kappa shape index (κ3) is 3.25. The maximum absolute atomic E-state index is 13.3. The maximum Gasteiger partial charge on any atom is 0.311 e. The minimum atomic E-state index is -0.528. The summed E-state index contributed by atoms with van der Waals surface area (Å²) in [5, 5.41) is 12.3. The molecule has 8 heteroatoms. The Balaban J connectivity index is 1.62. The third-order valence-corrected chi connectivity index (χ3v) is 5.48. The van der Waals surface area contributed by atoms with Crippen molar-refractivity contribution in [3.63, 3.8) is 0 Å². The van der Waals surface area contributed by atoms with Gasteiger partial charge in [-0.15, -0.1) is 0 Å². The fourth-order valence-corrected chi connectivity index (χ4v) is 3.94. The highest BCUT2D eigenvalue weighted by Crippen LogP contribution is 2.40. The Labute approximate surface area is 187 Å². The second-order valence-corrected chi connectivity index (χ2v) is 7.31. The molecule has 4 aromatic rings. The maximum atomic E-state index is 13.3. The van der Waals surface area contributed by atoms with E-state index in [4.69, 9.17) is 9.47 Å². The summed E-state index contributed by atoms with van der Waals surface area (Å²) < 4.78 is 11.0. The van der Waals surface area contributed by atoms with Gasteiger partial charge in [0.2, 0.25) is 5.75 Å². The predicted molar refractivity (Wildman–Crippen MR) is 121 cm³/mol. The first-order valence-corrected chi connectivity index (χ1v) is 9.99. The van der Waals surface area contributed by atoms with Gasteiger partial charge in [0.1, 0.15) is 11.5 Å². The summed E-state index contributed by atoms with van der Waals surface area (Å²) in [5.74, 6) is 0.0482. The molecule has 0 bridgehead atoms. The number of rotatable bonds is 5. The molecule has 2 amide bonds. The van der Waals surface area contributed by atoms with E-state index in [-0.39, 0.29) is 11.4 Å². The fraction of sp³-hybridized carbons (Fsp3) is 0.0400. The first-order chi connectivity index (χ1) is 16.0. The monoisotopic (exact) mass is 440 g/mol. The van der Waals surface area contributed by atoms with Crippen molar-refractivity contribution in [2.24, 2.45) is 0 Å². The molecule has 0 N–H and O–H groups in total. The van der Waals surface area contributed by atoms with Gasteiger partial charge >= 0.3 is 5.69 Å². The van der Waals surface area contributed by atoms with Crippen LogP contribution in [0.4, 0.5) is 11.4 Å². The highest BCUT2D eigenvalue weighted by Gasteiger charge is 2.34. The number of hydrogen-bond donors (Lipinski definition) is 0. The predicted octanol–water partition coefficient (Wildman–Crippen LogP) is 5.35. The van der Waals surface area contributed by atoms with Gasteiger partial charge in [0.05, 0.1) is 17.7 Å². The zero-order valence-corrected chi connectivity index (χ0v) is 17.3.